The molecular weight excluding hydrogens is 378 g/mol. The molecule has 152 valence electrons. The van der Waals surface area contributed by atoms with Crippen molar-refractivity contribution in [1.82, 2.24) is 25.3 Å². The van der Waals surface area contributed by atoms with Gasteiger partial charge in [0.05, 0.1) is 11.5 Å². The number of carbonyl (C=O) groups is 1. The van der Waals surface area contributed by atoms with Crippen molar-refractivity contribution in [3.8, 4) is 0 Å². The molecule has 1 N–H and O–H groups in total. The standard InChI is InChI=1S/C20H27N5O2.ClH/c1-20(19-22-17(23-27-19)16-13-21-10-12-24(16)2)9-6-11-25(14-20)18(26)15-7-4-3-5-8-15;/h3-5,7-8,16,21H,6,9-14H2,1-2H3;1H. The van der Waals surface area contributed by atoms with Crippen LogP contribution in [0.15, 0.2) is 34.9 Å². The van der Waals surface area contributed by atoms with Gasteiger partial charge in [0.2, 0.25) is 5.89 Å². The number of piperidine rings is 1. The molecule has 1 aromatic heterocycles. The zero-order valence-electron chi connectivity index (χ0n) is 16.4. The summed E-state index contributed by atoms with van der Waals surface area (Å²) in [5, 5.41) is 7.65. The third-order valence-electron chi connectivity index (χ3n) is 5.77. The van der Waals surface area contributed by atoms with E-state index in [9.17, 15) is 4.79 Å². The zero-order chi connectivity index (χ0) is 18.9. The Morgan fingerprint density at radius 1 is 1.29 bits per heavy atom. The number of aromatic nitrogens is 2. The highest BCUT2D eigenvalue weighted by atomic mass is 35.5. The fourth-order valence-electron chi connectivity index (χ4n) is 4.06. The highest BCUT2D eigenvalue weighted by Gasteiger charge is 2.40. The lowest BCUT2D eigenvalue weighted by Crippen LogP contribution is -2.47. The summed E-state index contributed by atoms with van der Waals surface area (Å²) in [7, 11) is 2.09. The summed E-state index contributed by atoms with van der Waals surface area (Å²) >= 11 is 0. The number of amides is 1. The third-order valence-corrected chi connectivity index (χ3v) is 5.77. The Kier molecular flexibility index (Phi) is 6.37. The number of rotatable bonds is 3. The first-order valence-corrected chi connectivity index (χ1v) is 9.66. The number of likely N-dealkylation sites (N-methyl/N-ethyl adjacent to an activating group) is 1. The van der Waals surface area contributed by atoms with Crippen LogP contribution in [0.3, 0.4) is 0 Å². The van der Waals surface area contributed by atoms with Crippen LogP contribution in [0, 0.1) is 0 Å². The Morgan fingerprint density at radius 2 is 2.07 bits per heavy atom. The van der Waals surface area contributed by atoms with Gasteiger partial charge in [-0.15, -0.1) is 12.4 Å². The smallest absolute Gasteiger partial charge is 0.253 e. The molecule has 0 saturated carbocycles. The highest BCUT2D eigenvalue weighted by molar-refractivity contribution is 5.94. The molecule has 2 aliphatic heterocycles. The van der Waals surface area contributed by atoms with E-state index in [4.69, 9.17) is 9.51 Å². The predicted molar refractivity (Wildman–Crippen MR) is 109 cm³/mol. The van der Waals surface area contributed by atoms with Crippen molar-refractivity contribution in [3.05, 3.63) is 47.6 Å². The fraction of sp³-hybridized carbons (Fsp3) is 0.550. The lowest BCUT2D eigenvalue weighted by Gasteiger charge is -2.38. The Balaban J connectivity index is 0.00000225. The van der Waals surface area contributed by atoms with Gasteiger partial charge in [-0.1, -0.05) is 23.4 Å². The topological polar surface area (TPSA) is 74.5 Å². The number of halogens is 1. The maximum absolute atomic E-state index is 12.9. The molecule has 1 aromatic carbocycles. The summed E-state index contributed by atoms with van der Waals surface area (Å²) in [4.78, 5) is 21.8. The van der Waals surface area contributed by atoms with E-state index in [1.165, 1.54) is 0 Å². The Labute approximate surface area is 171 Å². The van der Waals surface area contributed by atoms with Crippen molar-refractivity contribution in [2.75, 3.05) is 39.8 Å². The second kappa shape index (κ2) is 8.59. The number of piperazine rings is 1. The number of likely N-dealkylation sites (tertiary alicyclic amines) is 1. The molecule has 2 aliphatic rings. The van der Waals surface area contributed by atoms with E-state index >= 15 is 0 Å². The number of benzene rings is 1. The lowest BCUT2D eigenvalue weighted by atomic mass is 9.81. The molecule has 8 heteroatoms. The van der Waals surface area contributed by atoms with Crippen LogP contribution in [0.25, 0.3) is 0 Å². The number of nitrogens with zero attached hydrogens (tertiary/aromatic N) is 4. The molecule has 2 aromatic rings. The molecule has 2 fully saturated rings. The highest BCUT2D eigenvalue weighted by Crippen LogP contribution is 2.34. The van der Waals surface area contributed by atoms with Crippen molar-refractivity contribution < 1.29 is 9.32 Å². The van der Waals surface area contributed by atoms with Crippen molar-refractivity contribution >= 4 is 18.3 Å². The van der Waals surface area contributed by atoms with Crippen LogP contribution in [0.5, 0.6) is 0 Å². The molecule has 1 amide bonds. The molecule has 2 atom stereocenters. The van der Waals surface area contributed by atoms with Gasteiger partial charge >= 0.3 is 0 Å². The third kappa shape index (κ3) is 4.06. The van der Waals surface area contributed by atoms with E-state index in [1.807, 2.05) is 35.2 Å². The maximum Gasteiger partial charge on any atom is 0.253 e. The molecule has 0 radical (unpaired) electrons. The van der Waals surface area contributed by atoms with Crippen LogP contribution in [0.4, 0.5) is 0 Å². The molecule has 3 heterocycles. The number of carbonyl (C=O) groups excluding carboxylic acids is 1. The minimum absolute atomic E-state index is 0. The van der Waals surface area contributed by atoms with E-state index in [-0.39, 0.29) is 29.8 Å². The molecule has 0 aliphatic carbocycles. The van der Waals surface area contributed by atoms with Crippen molar-refractivity contribution in [2.45, 2.75) is 31.2 Å². The van der Waals surface area contributed by atoms with Gasteiger partial charge in [-0.05, 0) is 38.9 Å². The predicted octanol–water partition coefficient (Wildman–Crippen LogP) is 2.26. The van der Waals surface area contributed by atoms with Crippen molar-refractivity contribution in [2.24, 2.45) is 0 Å². The fourth-order valence-corrected chi connectivity index (χ4v) is 4.06. The second-order valence-electron chi connectivity index (χ2n) is 7.92. The molecular formula is C20H28ClN5O2. The first-order chi connectivity index (χ1) is 13.1. The van der Waals surface area contributed by atoms with Gasteiger partial charge in [-0.3, -0.25) is 9.69 Å². The van der Waals surface area contributed by atoms with E-state index in [2.05, 4.69) is 29.3 Å². The quantitative estimate of drug-likeness (QED) is 0.844. The van der Waals surface area contributed by atoms with Crippen LogP contribution >= 0.6 is 12.4 Å². The first-order valence-electron chi connectivity index (χ1n) is 9.66. The van der Waals surface area contributed by atoms with Crippen molar-refractivity contribution in [3.63, 3.8) is 0 Å². The lowest BCUT2D eigenvalue weighted by molar-refractivity contribution is 0.0620. The van der Waals surface area contributed by atoms with E-state index in [0.717, 1.165) is 50.4 Å². The van der Waals surface area contributed by atoms with E-state index < -0.39 is 0 Å². The second-order valence-corrected chi connectivity index (χ2v) is 7.92. The Bertz CT molecular complexity index is 799. The van der Waals surface area contributed by atoms with E-state index in [1.54, 1.807) is 0 Å². The molecule has 2 unspecified atom stereocenters. The SMILES string of the molecule is CN1CCNCC1c1noc(C2(C)CCCN(C(=O)c3ccccc3)C2)n1.Cl. The first kappa shape index (κ1) is 20.8. The summed E-state index contributed by atoms with van der Waals surface area (Å²) in [6.07, 6.45) is 1.86. The van der Waals surface area contributed by atoms with Crippen LogP contribution < -0.4 is 5.32 Å². The van der Waals surface area contributed by atoms with Crippen LogP contribution in [-0.2, 0) is 5.41 Å². The van der Waals surface area contributed by atoms with Gasteiger partial charge in [0.25, 0.3) is 5.91 Å². The number of hydrogen-bond donors (Lipinski definition) is 1. The summed E-state index contributed by atoms with van der Waals surface area (Å²) in [5.74, 6) is 1.44. The Morgan fingerprint density at radius 3 is 2.82 bits per heavy atom. The van der Waals surface area contributed by atoms with Gasteiger partial charge in [-0.25, -0.2) is 0 Å². The van der Waals surface area contributed by atoms with E-state index in [0.29, 0.717) is 12.4 Å². The van der Waals surface area contributed by atoms with Crippen LogP contribution in [-0.4, -0.2) is 65.6 Å². The number of hydrogen-bond acceptors (Lipinski definition) is 6. The zero-order valence-corrected chi connectivity index (χ0v) is 17.2. The van der Waals surface area contributed by atoms with Gasteiger partial charge in [-0.2, -0.15) is 4.98 Å². The minimum atomic E-state index is -0.311. The maximum atomic E-state index is 12.9. The van der Waals surface area contributed by atoms with Gasteiger partial charge in [0.1, 0.15) is 0 Å². The molecule has 4 rings (SSSR count). The molecule has 0 spiro atoms. The monoisotopic (exact) mass is 405 g/mol. The van der Waals surface area contributed by atoms with Gasteiger partial charge < -0.3 is 14.7 Å². The Hall–Kier alpha value is -1.96. The molecule has 7 nitrogen and oxygen atoms in total. The molecule has 28 heavy (non-hydrogen) atoms. The van der Waals surface area contributed by atoms with Crippen LogP contribution in [0.1, 0.15) is 47.9 Å². The minimum Gasteiger partial charge on any atom is -0.339 e. The molecule has 0 bridgehead atoms. The summed E-state index contributed by atoms with van der Waals surface area (Å²) in [6, 6.07) is 9.58. The average Bonchev–Trinajstić information content (AvgIpc) is 3.19. The average molecular weight is 406 g/mol. The molecule has 2 saturated heterocycles. The summed E-state index contributed by atoms with van der Waals surface area (Å²) in [6.45, 7) is 6.25. The summed E-state index contributed by atoms with van der Waals surface area (Å²) < 4.78 is 5.69. The number of nitrogens with one attached hydrogen (secondary N) is 1. The largest absolute Gasteiger partial charge is 0.339 e. The normalized spacial score (nSPS) is 25.9. The van der Waals surface area contributed by atoms with Gasteiger partial charge in [0.15, 0.2) is 5.82 Å². The van der Waals surface area contributed by atoms with Gasteiger partial charge in [0, 0.05) is 38.3 Å². The van der Waals surface area contributed by atoms with Crippen molar-refractivity contribution in [1.29, 1.82) is 0 Å². The summed E-state index contributed by atoms with van der Waals surface area (Å²) in [5.41, 5.74) is 0.414. The van der Waals surface area contributed by atoms with Crippen LogP contribution in [0.2, 0.25) is 0 Å².